The second kappa shape index (κ2) is 6.24. The maximum atomic E-state index is 5.70. The third-order valence-electron chi connectivity index (χ3n) is 2.62. The molecule has 0 saturated heterocycles. The number of aryl methyl sites for hydroxylation is 1. The van der Waals surface area contributed by atoms with E-state index in [9.17, 15) is 0 Å². The lowest BCUT2D eigenvalue weighted by molar-refractivity contribution is 0.267. The molecule has 96 valence electrons. The topological polar surface area (TPSA) is 34.4 Å². The van der Waals surface area contributed by atoms with Crippen molar-refractivity contribution in [2.45, 2.75) is 20.1 Å². The van der Waals surface area contributed by atoms with Crippen LogP contribution in [0.5, 0.6) is 5.75 Å². The van der Waals surface area contributed by atoms with E-state index in [2.05, 4.69) is 27.9 Å². The van der Waals surface area contributed by atoms with Crippen LogP contribution in [0.1, 0.15) is 17.1 Å². The summed E-state index contributed by atoms with van der Waals surface area (Å²) in [5, 5.41) is 3.12. The molecule has 0 saturated carbocycles. The molecule has 0 aliphatic carbocycles. The van der Waals surface area contributed by atoms with Gasteiger partial charge in [-0.25, -0.2) is 0 Å². The Bertz CT molecular complexity index is 522. The highest BCUT2D eigenvalue weighted by Gasteiger charge is 2.07. The minimum Gasteiger partial charge on any atom is -0.486 e. The van der Waals surface area contributed by atoms with Crippen molar-refractivity contribution in [1.82, 2.24) is 5.32 Å². The van der Waals surface area contributed by atoms with Gasteiger partial charge >= 0.3 is 0 Å². The fourth-order valence-electron chi connectivity index (χ4n) is 1.74. The van der Waals surface area contributed by atoms with Gasteiger partial charge in [-0.05, 0) is 60.8 Å². The second-order valence-corrected chi connectivity index (χ2v) is 5.32. The van der Waals surface area contributed by atoms with E-state index < -0.39 is 0 Å². The van der Waals surface area contributed by atoms with Crippen LogP contribution < -0.4 is 10.1 Å². The third-order valence-corrected chi connectivity index (χ3v) is 3.29. The lowest BCUT2D eigenvalue weighted by Crippen LogP contribution is -2.04. The average molecular weight is 357 g/mol. The number of hydrogen-bond donors (Lipinski definition) is 1. The number of nitrogens with one attached hydrogen (secondary N) is 1. The Balaban J connectivity index is 2.00. The Morgan fingerprint density at radius 1 is 1.33 bits per heavy atom. The molecule has 18 heavy (non-hydrogen) atoms. The van der Waals surface area contributed by atoms with Gasteiger partial charge < -0.3 is 14.5 Å². The van der Waals surface area contributed by atoms with E-state index in [1.165, 1.54) is 5.56 Å². The maximum absolute atomic E-state index is 5.70. The van der Waals surface area contributed by atoms with Crippen LogP contribution in [0, 0.1) is 10.5 Å². The number of ether oxygens (including phenoxy) is 1. The number of hydrogen-bond acceptors (Lipinski definition) is 3. The van der Waals surface area contributed by atoms with E-state index in [-0.39, 0.29) is 0 Å². The van der Waals surface area contributed by atoms with Crippen molar-refractivity contribution in [1.29, 1.82) is 0 Å². The van der Waals surface area contributed by atoms with Crippen LogP contribution in [0.2, 0.25) is 0 Å². The van der Waals surface area contributed by atoms with E-state index in [1.807, 2.05) is 44.3 Å². The Hall–Kier alpha value is -1.01. The van der Waals surface area contributed by atoms with Crippen molar-refractivity contribution < 1.29 is 9.15 Å². The summed E-state index contributed by atoms with van der Waals surface area (Å²) in [6.45, 7) is 3.25. The van der Waals surface area contributed by atoms with E-state index in [1.54, 1.807) is 0 Å². The molecule has 1 N–H and O–H groups in total. The molecule has 2 rings (SSSR count). The minimum atomic E-state index is 0.463. The molecule has 2 aromatic rings. The summed E-state index contributed by atoms with van der Waals surface area (Å²) in [6, 6.07) is 10.0. The lowest BCUT2D eigenvalue weighted by Gasteiger charge is -2.03. The molecule has 0 amide bonds. The van der Waals surface area contributed by atoms with Crippen LogP contribution in [-0.2, 0) is 13.2 Å². The molecule has 0 fully saturated rings. The van der Waals surface area contributed by atoms with Crippen LogP contribution in [0.4, 0.5) is 0 Å². The van der Waals surface area contributed by atoms with Gasteiger partial charge in [0.1, 0.15) is 23.9 Å². The van der Waals surface area contributed by atoms with Crippen molar-refractivity contribution in [2.75, 3.05) is 7.05 Å². The number of halogens is 1. The summed E-state index contributed by atoms with van der Waals surface area (Å²) >= 11 is 2.27. The summed E-state index contributed by atoms with van der Waals surface area (Å²) in [7, 11) is 1.93. The zero-order chi connectivity index (χ0) is 13.0. The molecule has 0 radical (unpaired) electrons. The largest absolute Gasteiger partial charge is 0.486 e. The van der Waals surface area contributed by atoms with Gasteiger partial charge in [-0.15, -0.1) is 0 Å². The maximum Gasteiger partial charge on any atom is 0.146 e. The first kappa shape index (κ1) is 13.4. The average Bonchev–Trinajstić information content (AvgIpc) is 2.69. The van der Waals surface area contributed by atoms with Crippen molar-refractivity contribution in [3.63, 3.8) is 0 Å². The molecule has 0 aliphatic heterocycles. The molecule has 3 nitrogen and oxygen atoms in total. The molecule has 1 aromatic heterocycles. The molecular formula is C14H16INO2. The predicted octanol–water partition coefficient (Wildman–Crippen LogP) is 3.49. The summed E-state index contributed by atoms with van der Waals surface area (Å²) in [4.78, 5) is 0. The monoisotopic (exact) mass is 357 g/mol. The van der Waals surface area contributed by atoms with Gasteiger partial charge in [-0.1, -0.05) is 6.07 Å². The quantitative estimate of drug-likeness (QED) is 0.832. The SMILES string of the molecule is CNCc1cc(COc2cccc(I)c2)oc1C. The molecule has 0 unspecified atom stereocenters. The fourth-order valence-corrected chi connectivity index (χ4v) is 2.25. The van der Waals surface area contributed by atoms with Crippen LogP contribution >= 0.6 is 22.6 Å². The lowest BCUT2D eigenvalue weighted by atomic mass is 10.2. The summed E-state index contributed by atoms with van der Waals surface area (Å²) in [6.07, 6.45) is 0. The Kier molecular flexibility index (Phi) is 4.66. The molecule has 0 spiro atoms. The number of rotatable bonds is 5. The number of benzene rings is 1. The van der Waals surface area contributed by atoms with Gasteiger partial charge in [-0.2, -0.15) is 0 Å². The molecule has 1 aromatic carbocycles. The zero-order valence-corrected chi connectivity index (χ0v) is 12.7. The molecule has 1 heterocycles. The van der Waals surface area contributed by atoms with E-state index in [0.29, 0.717) is 6.61 Å². The molecule has 4 heteroatoms. The third kappa shape index (κ3) is 3.49. The van der Waals surface area contributed by atoms with Gasteiger partial charge in [0.2, 0.25) is 0 Å². The van der Waals surface area contributed by atoms with Crippen molar-refractivity contribution in [3.05, 3.63) is 51.0 Å². The predicted molar refractivity (Wildman–Crippen MR) is 79.7 cm³/mol. The van der Waals surface area contributed by atoms with Crippen molar-refractivity contribution in [3.8, 4) is 5.75 Å². The normalized spacial score (nSPS) is 10.6. The summed E-state index contributed by atoms with van der Waals surface area (Å²) in [5.74, 6) is 2.67. The van der Waals surface area contributed by atoms with Gasteiger partial charge in [0.25, 0.3) is 0 Å². The van der Waals surface area contributed by atoms with Crippen molar-refractivity contribution in [2.24, 2.45) is 0 Å². The van der Waals surface area contributed by atoms with E-state index in [0.717, 1.165) is 27.4 Å². The van der Waals surface area contributed by atoms with Crippen LogP contribution in [0.15, 0.2) is 34.7 Å². The number of furan rings is 1. The van der Waals surface area contributed by atoms with Gasteiger partial charge in [0, 0.05) is 15.7 Å². The summed E-state index contributed by atoms with van der Waals surface area (Å²) < 4.78 is 12.5. The molecule has 0 aliphatic rings. The van der Waals surface area contributed by atoms with E-state index >= 15 is 0 Å². The highest BCUT2D eigenvalue weighted by Crippen LogP contribution is 2.19. The van der Waals surface area contributed by atoms with Gasteiger partial charge in [-0.3, -0.25) is 0 Å². The van der Waals surface area contributed by atoms with Crippen LogP contribution in [0.3, 0.4) is 0 Å². The van der Waals surface area contributed by atoms with Crippen LogP contribution in [0.25, 0.3) is 0 Å². The molecule has 0 bridgehead atoms. The Labute approximate surface area is 121 Å². The first-order valence-electron chi connectivity index (χ1n) is 5.80. The van der Waals surface area contributed by atoms with Gasteiger partial charge in [0.05, 0.1) is 0 Å². The molecular weight excluding hydrogens is 341 g/mol. The standard InChI is InChI=1S/C14H16INO2/c1-10-11(8-16-2)6-14(18-10)9-17-13-5-3-4-12(15)7-13/h3-7,16H,8-9H2,1-2H3. The summed E-state index contributed by atoms with van der Waals surface area (Å²) in [5.41, 5.74) is 1.18. The zero-order valence-electron chi connectivity index (χ0n) is 10.5. The molecule has 0 atom stereocenters. The first-order chi connectivity index (χ1) is 8.69. The Morgan fingerprint density at radius 3 is 2.89 bits per heavy atom. The van der Waals surface area contributed by atoms with Gasteiger partial charge in [0.15, 0.2) is 0 Å². The van der Waals surface area contributed by atoms with Crippen LogP contribution in [-0.4, -0.2) is 7.05 Å². The Morgan fingerprint density at radius 2 is 2.17 bits per heavy atom. The fraction of sp³-hybridized carbons (Fsp3) is 0.286. The minimum absolute atomic E-state index is 0.463. The highest BCUT2D eigenvalue weighted by molar-refractivity contribution is 14.1. The van der Waals surface area contributed by atoms with E-state index in [4.69, 9.17) is 9.15 Å². The second-order valence-electron chi connectivity index (χ2n) is 4.07. The first-order valence-corrected chi connectivity index (χ1v) is 6.88. The smallest absolute Gasteiger partial charge is 0.146 e. The van der Waals surface area contributed by atoms with Crippen molar-refractivity contribution >= 4 is 22.6 Å². The highest BCUT2D eigenvalue weighted by atomic mass is 127.